The van der Waals surface area contributed by atoms with Gasteiger partial charge in [-0.1, -0.05) is 17.4 Å². The quantitative estimate of drug-likeness (QED) is 0.791. The molecule has 0 atom stereocenters. The van der Waals surface area contributed by atoms with Crippen LogP contribution in [0.2, 0.25) is 0 Å². The average molecular weight is 220 g/mol. The second kappa shape index (κ2) is 3.90. The number of ether oxygens (including phenoxy) is 1. The molecule has 0 fully saturated rings. The van der Waals surface area contributed by atoms with Crippen LogP contribution in [-0.4, -0.2) is 4.98 Å². The molecule has 0 aliphatic heterocycles. The molecule has 0 saturated carbocycles. The van der Waals surface area contributed by atoms with E-state index in [1.54, 1.807) is 0 Å². The van der Waals surface area contributed by atoms with Gasteiger partial charge in [0.05, 0.1) is 5.69 Å². The highest BCUT2D eigenvalue weighted by atomic mass is 32.1. The Morgan fingerprint density at radius 2 is 2.13 bits per heavy atom. The minimum absolute atomic E-state index is 0.654. The van der Waals surface area contributed by atoms with Gasteiger partial charge in [-0.3, -0.25) is 0 Å². The van der Waals surface area contributed by atoms with Gasteiger partial charge in [0, 0.05) is 17.1 Å². The molecule has 0 saturated heterocycles. The van der Waals surface area contributed by atoms with Crippen LogP contribution in [0, 0.1) is 13.8 Å². The Hall–Kier alpha value is -1.55. The van der Waals surface area contributed by atoms with E-state index in [9.17, 15) is 0 Å². The summed E-state index contributed by atoms with van der Waals surface area (Å²) in [5.74, 6) is 0.768. The summed E-state index contributed by atoms with van der Waals surface area (Å²) in [4.78, 5) is 4.23. The van der Waals surface area contributed by atoms with Crippen molar-refractivity contribution in [2.75, 3.05) is 5.73 Å². The van der Waals surface area contributed by atoms with Gasteiger partial charge in [-0.25, -0.2) is 4.98 Å². The fourth-order valence-corrected chi connectivity index (χ4v) is 1.86. The maximum Gasteiger partial charge on any atom is 0.278 e. The van der Waals surface area contributed by atoms with Crippen LogP contribution in [0.1, 0.15) is 11.3 Å². The van der Waals surface area contributed by atoms with Crippen LogP contribution in [0.5, 0.6) is 10.9 Å². The summed E-state index contributed by atoms with van der Waals surface area (Å²) >= 11 is 1.48. The summed E-state index contributed by atoms with van der Waals surface area (Å²) in [5, 5.41) is 2.61. The van der Waals surface area contributed by atoms with E-state index >= 15 is 0 Å². The van der Waals surface area contributed by atoms with Gasteiger partial charge < -0.3 is 10.5 Å². The first-order chi connectivity index (χ1) is 7.15. The van der Waals surface area contributed by atoms with Crippen molar-refractivity contribution in [3.63, 3.8) is 0 Å². The Balaban J connectivity index is 2.27. The van der Waals surface area contributed by atoms with E-state index in [0.29, 0.717) is 10.9 Å². The van der Waals surface area contributed by atoms with E-state index in [0.717, 1.165) is 17.0 Å². The molecule has 2 rings (SSSR count). The molecule has 4 heteroatoms. The summed E-state index contributed by atoms with van der Waals surface area (Å²) in [6.07, 6.45) is 0. The fraction of sp³-hybridized carbons (Fsp3) is 0.182. The summed E-state index contributed by atoms with van der Waals surface area (Å²) < 4.78 is 5.64. The largest absolute Gasteiger partial charge is 0.431 e. The fourth-order valence-electron chi connectivity index (χ4n) is 1.20. The minimum atomic E-state index is 0.654. The predicted octanol–water partition coefficient (Wildman–Crippen LogP) is 3.13. The molecule has 0 unspecified atom stereocenters. The third-order valence-electron chi connectivity index (χ3n) is 2.01. The molecule has 1 aromatic carbocycles. The van der Waals surface area contributed by atoms with Crippen molar-refractivity contribution in [1.29, 1.82) is 0 Å². The molecule has 0 spiro atoms. The molecule has 2 aromatic rings. The van der Waals surface area contributed by atoms with E-state index in [-0.39, 0.29) is 0 Å². The lowest BCUT2D eigenvalue weighted by Crippen LogP contribution is -1.90. The van der Waals surface area contributed by atoms with Crippen molar-refractivity contribution in [2.45, 2.75) is 13.8 Å². The number of aryl methyl sites for hydroxylation is 2. The molecule has 3 nitrogen and oxygen atoms in total. The lowest BCUT2D eigenvalue weighted by molar-refractivity contribution is 0.474. The van der Waals surface area contributed by atoms with Crippen LogP contribution in [0.4, 0.5) is 5.69 Å². The van der Waals surface area contributed by atoms with E-state index in [2.05, 4.69) is 4.98 Å². The zero-order valence-corrected chi connectivity index (χ0v) is 9.47. The van der Waals surface area contributed by atoms with Crippen LogP contribution in [-0.2, 0) is 0 Å². The molecule has 1 aromatic heterocycles. The lowest BCUT2D eigenvalue weighted by Gasteiger charge is -2.05. The second-order valence-electron chi connectivity index (χ2n) is 3.38. The third-order valence-corrected chi connectivity index (χ3v) is 2.84. The Kier molecular flexibility index (Phi) is 2.60. The molecule has 78 valence electrons. The molecule has 0 radical (unpaired) electrons. The number of hydrogen-bond acceptors (Lipinski definition) is 4. The number of anilines is 1. The van der Waals surface area contributed by atoms with Gasteiger partial charge in [0.15, 0.2) is 0 Å². The maximum absolute atomic E-state index is 5.69. The molecule has 2 N–H and O–H groups in total. The molecule has 0 amide bonds. The average Bonchev–Trinajstić information content (AvgIpc) is 2.58. The zero-order valence-electron chi connectivity index (χ0n) is 8.65. The lowest BCUT2D eigenvalue weighted by atomic mass is 10.2. The SMILES string of the molecule is Cc1csc(Oc2cc(N)ccc2C)n1. The van der Waals surface area contributed by atoms with Gasteiger partial charge in [-0.2, -0.15) is 0 Å². The van der Waals surface area contributed by atoms with Gasteiger partial charge in [0.2, 0.25) is 0 Å². The molecule has 15 heavy (non-hydrogen) atoms. The number of rotatable bonds is 2. The molecule has 0 aliphatic carbocycles. The Bertz CT molecular complexity index is 479. The van der Waals surface area contributed by atoms with Gasteiger partial charge >= 0.3 is 0 Å². The van der Waals surface area contributed by atoms with E-state index in [1.165, 1.54) is 11.3 Å². The van der Waals surface area contributed by atoms with Gasteiger partial charge in [-0.05, 0) is 25.5 Å². The minimum Gasteiger partial charge on any atom is -0.431 e. The molecule has 1 heterocycles. The number of aromatic nitrogens is 1. The van der Waals surface area contributed by atoms with Crippen molar-refractivity contribution in [1.82, 2.24) is 4.98 Å². The van der Waals surface area contributed by atoms with Crippen molar-refractivity contribution in [3.8, 4) is 10.9 Å². The van der Waals surface area contributed by atoms with Gasteiger partial charge in [0.25, 0.3) is 5.19 Å². The van der Waals surface area contributed by atoms with Crippen LogP contribution in [0.3, 0.4) is 0 Å². The van der Waals surface area contributed by atoms with E-state index in [1.807, 2.05) is 37.4 Å². The predicted molar refractivity (Wildman–Crippen MR) is 62.5 cm³/mol. The van der Waals surface area contributed by atoms with E-state index < -0.39 is 0 Å². The second-order valence-corrected chi connectivity index (χ2v) is 4.20. The van der Waals surface area contributed by atoms with Crippen molar-refractivity contribution < 1.29 is 4.74 Å². The summed E-state index contributed by atoms with van der Waals surface area (Å²) in [5.41, 5.74) is 8.41. The first kappa shape index (κ1) is 9.98. The van der Waals surface area contributed by atoms with Crippen molar-refractivity contribution in [3.05, 3.63) is 34.8 Å². The van der Waals surface area contributed by atoms with E-state index in [4.69, 9.17) is 10.5 Å². The first-order valence-corrected chi connectivity index (χ1v) is 5.49. The van der Waals surface area contributed by atoms with Crippen LogP contribution in [0.25, 0.3) is 0 Å². The maximum atomic E-state index is 5.69. The van der Waals surface area contributed by atoms with Gasteiger partial charge in [-0.15, -0.1) is 0 Å². The van der Waals surface area contributed by atoms with Gasteiger partial charge in [0.1, 0.15) is 5.75 Å². The Morgan fingerprint density at radius 3 is 2.80 bits per heavy atom. The zero-order chi connectivity index (χ0) is 10.8. The summed E-state index contributed by atoms with van der Waals surface area (Å²) in [6, 6.07) is 5.60. The number of nitrogens with two attached hydrogens (primary N) is 1. The molecular weight excluding hydrogens is 208 g/mol. The highest BCUT2D eigenvalue weighted by Gasteiger charge is 2.04. The first-order valence-electron chi connectivity index (χ1n) is 4.61. The summed E-state index contributed by atoms with van der Waals surface area (Å²) in [6.45, 7) is 3.92. The van der Waals surface area contributed by atoms with Crippen molar-refractivity contribution in [2.24, 2.45) is 0 Å². The monoisotopic (exact) mass is 220 g/mol. The smallest absolute Gasteiger partial charge is 0.278 e. The molecular formula is C11H12N2OS. The van der Waals surface area contributed by atoms with Crippen LogP contribution in [0.15, 0.2) is 23.6 Å². The number of benzene rings is 1. The third kappa shape index (κ3) is 2.27. The van der Waals surface area contributed by atoms with Crippen LogP contribution < -0.4 is 10.5 Å². The number of hydrogen-bond donors (Lipinski definition) is 1. The topological polar surface area (TPSA) is 48.1 Å². The molecule has 0 bridgehead atoms. The highest BCUT2D eigenvalue weighted by Crippen LogP contribution is 2.28. The molecule has 0 aliphatic rings. The standard InChI is InChI=1S/C11H12N2OS/c1-7-3-4-9(12)5-10(7)14-11-13-8(2)6-15-11/h3-6H,12H2,1-2H3. The number of thiazole rings is 1. The van der Waals surface area contributed by atoms with Crippen molar-refractivity contribution >= 4 is 17.0 Å². The van der Waals surface area contributed by atoms with Crippen LogP contribution >= 0.6 is 11.3 Å². The number of nitrogens with zero attached hydrogens (tertiary/aromatic N) is 1. The Labute approximate surface area is 92.5 Å². The normalized spacial score (nSPS) is 10.3. The summed E-state index contributed by atoms with van der Waals surface area (Å²) in [7, 11) is 0. The highest BCUT2D eigenvalue weighted by molar-refractivity contribution is 7.11. The number of nitrogen functional groups attached to an aromatic ring is 1. The Morgan fingerprint density at radius 1 is 1.33 bits per heavy atom.